The van der Waals surface area contributed by atoms with Gasteiger partial charge in [0, 0.05) is 6.54 Å². The van der Waals surface area contributed by atoms with Gasteiger partial charge in [0.05, 0.1) is 17.1 Å². The molecule has 1 aliphatic heterocycles. The van der Waals surface area contributed by atoms with E-state index in [0.29, 0.717) is 0 Å². The van der Waals surface area contributed by atoms with Crippen molar-refractivity contribution in [2.45, 2.75) is 19.0 Å². The number of aromatic nitrogens is 2. The molecule has 0 radical (unpaired) electrons. The van der Waals surface area contributed by atoms with E-state index in [0.717, 1.165) is 29.8 Å². The van der Waals surface area contributed by atoms with Crippen molar-refractivity contribution in [1.82, 2.24) is 15.3 Å². The van der Waals surface area contributed by atoms with Crippen LogP contribution in [-0.2, 0) is 13.0 Å². The summed E-state index contributed by atoms with van der Waals surface area (Å²) in [5.74, 6) is 0.634. The second kappa shape index (κ2) is 4.42. The van der Waals surface area contributed by atoms with Crippen LogP contribution in [0.3, 0.4) is 0 Å². The molecule has 1 aliphatic rings. The predicted molar refractivity (Wildman–Crippen MR) is 75.8 cm³/mol. The molecule has 1 aromatic heterocycles. The maximum Gasteiger partial charge on any atom is 0.125 e. The fourth-order valence-electron chi connectivity index (χ4n) is 2.81. The first kappa shape index (κ1) is 11.6. The molecule has 0 amide bonds. The Morgan fingerprint density at radius 3 is 2.85 bits per heavy atom. The van der Waals surface area contributed by atoms with E-state index >= 15 is 0 Å². The lowest BCUT2D eigenvalue weighted by Crippen LogP contribution is -2.29. The van der Waals surface area contributed by atoms with Crippen LogP contribution in [0, 0.1) is 5.82 Å². The van der Waals surface area contributed by atoms with Gasteiger partial charge in [-0.1, -0.05) is 24.3 Å². The molecule has 3 nitrogen and oxygen atoms in total. The maximum absolute atomic E-state index is 13.2. The summed E-state index contributed by atoms with van der Waals surface area (Å²) in [6, 6.07) is 13.2. The fourth-order valence-corrected chi connectivity index (χ4v) is 2.81. The first-order chi connectivity index (χ1) is 9.79. The van der Waals surface area contributed by atoms with E-state index < -0.39 is 0 Å². The molecule has 0 aliphatic carbocycles. The highest BCUT2D eigenvalue weighted by molar-refractivity contribution is 5.75. The molecule has 2 heterocycles. The number of hydrogen-bond donors (Lipinski definition) is 2. The van der Waals surface area contributed by atoms with Gasteiger partial charge in [0.1, 0.15) is 11.6 Å². The predicted octanol–water partition coefficient (Wildman–Crippen LogP) is 3.09. The van der Waals surface area contributed by atoms with Crippen molar-refractivity contribution in [3.8, 4) is 0 Å². The number of benzene rings is 2. The second-order valence-electron chi connectivity index (χ2n) is 5.19. The Morgan fingerprint density at radius 1 is 1.10 bits per heavy atom. The molecule has 0 saturated heterocycles. The van der Waals surface area contributed by atoms with Gasteiger partial charge in [-0.3, -0.25) is 0 Å². The number of nitrogens with one attached hydrogen (secondary N) is 2. The summed E-state index contributed by atoms with van der Waals surface area (Å²) < 4.78 is 13.2. The minimum atomic E-state index is -0.241. The van der Waals surface area contributed by atoms with Crippen LogP contribution in [0.2, 0.25) is 0 Å². The fraction of sp³-hybridized carbons (Fsp3) is 0.188. The van der Waals surface area contributed by atoms with Crippen molar-refractivity contribution < 1.29 is 4.39 Å². The third-order valence-electron chi connectivity index (χ3n) is 3.87. The summed E-state index contributed by atoms with van der Waals surface area (Å²) in [6.45, 7) is 0.840. The third-order valence-corrected chi connectivity index (χ3v) is 3.87. The molecule has 1 atom stereocenters. The average Bonchev–Trinajstić information content (AvgIpc) is 2.89. The number of imidazole rings is 1. The lowest BCUT2D eigenvalue weighted by Gasteiger charge is -2.24. The SMILES string of the molecule is Fc1ccc2nc(C3Cc4ccccc4CN3)[nH]c2c1. The molecular formula is C16H14FN3. The van der Waals surface area contributed by atoms with Gasteiger partial charge in [-0.25, -0.2) is 9.37 Å². The number of H-pyrrole nitrogens is 1. The molecule has 0 bridgehead atoms. The van der Waals surface area contributed by atoms with Gasteiger partial charge < -0.3 is 10.3 Å². The van der Waals surface area contributed by atoms with E-state index in [2.05, 4.69) is 39.6 Å². The Morgan fingerprint density at radius 2 is 1.95 bits per heavy atom. The second-order valence-corrected chi connectivity index (χ2v) is 5.19. The lowest BCUT2D eigenvalue weighted by molar-refractivity contribution is 0.481. The van der Waals surface area contributed by atoms with Gasteiger partial charge in [-0.15, -0.1) is 0 Å². The lowest BCUT2D eigenvalue weighted by atomic mass is 9.96. The summed E-state index contributed by atoms with van der Waals surface area (Å²) in [5, 5.41) is 3.48. The summed E-state index contributed by atoms with van der Waals surface area (Å²) >= 11 is 0. The summed E-state index contributed by atoms with van der Waals surface area (Å²) in [6.07, 6.45) is 0.901. The molecular weight excluding hydrogens is 253 g/mol. The van der Waals surface area contributed by atoms with Crippen LogP contribution < -0.4 is 5.32 Å². The molecule has 4 heteroatoms. The van der Waals surface area contributed by atoms with Crippen molar-refractivity contribution in [2.75, 3.05) is 0 Å². The summed E-state index contributed by atoms with van der Waals surface area (Å²) in [7, 11) is 0. The number of fused-ring (bicyclic) bond motifs is 2. The summed E-state index contributed by atoms with van der Waals surface area (Å²) in [5.41, 5.74) is 4.25. The smallest absolute Gasteiger partial charge is 0.125 e. The first-order valence-corrected chi connectivity index (χ1v) is 6.75. The number of hydrogen-bond acceptors (Lipinski definition) is 2. The zero-order valence-electron chi connectivity index (χ0n) is 10.9. The highest BCUT2D eigenvalue weighted by Crippen LogP contribution is 2.25. The van der Waals surface area contributed by atoms with Gasteiger partial charge in [0.15, 0.2) is 0 Å². The van der Waals surface area contributed by atoms with E-state index in [1.165, 1.54) is 23.3 Å². The first-order valence-electron chi connectivity index (χ1n) is 6.75. The Kier molecular flexibility index (Phi) is 2.57. The van der Waals surface area contributed by atoms with Crippen molar-refractivity contribution in [2.24, 2.45) is 0 Å². The van der Waals surface area contributed by atoms with Crippen LogP contribution in [0.25, 0.3) is 11.0 Å². The van der Waals surface area contributed by atoms with Crippen molar-refractivity contribution in [3.63, 3.8) is 0 Å². The number of nitrogens with zero attached hydrogens (tertiary/aromatic N) is 1. The molecule has 2 N–H and O–H groups in total. The van der Waals surface area contributed by atoms with Gasteiger partial charge in [0.2, 0.25) is 0 Å². The minimum Gasteiger partial charge on any atom is -0.341 e. The Bertz CT molecular complexity index is 778. The highest BCUT2D eigenvalue weighted by Gasteiger charge is 2.21. The molecule has 1 unspecified atom stereocenters. The quantitative estimate of drug-likeness (QED) is 0.711. The number of halogens is 1. The molecule has 20 heavy (non-hydrogen) atoms. The van der Waals surface area contributed by atoms with E-state index in [1.807, 2.05) is 0 Å². The summed E-state index contributed by atoms with van der Waals surface area (Å²) in [4.78, 5) is 7.79. The maximum atomic E-state index is 13.2. The number of rotatable bonds is 1. The van der Waals surface area contributed by atoms with Gasteiger partial charge in [-0.2, -0.15) is 0 Å². The normalized spacial score (nSPS) is 18.1. The van der Waals surface area contributed by atoms with Crippen LogP contribution in [0.4, 0.5) is 4.39 Å². The van der Waals surface area contributed by atoms with E-state index in [4.69, 9.17) is 0 Å². The van der Waals surface area contributed by atoms with E-state index in [1.54, 1.807) is 6.07 Å². The molecule has 3 aromatic rings. The molecule has 100 valence electrons. The van der Waals surface area contributed by atoms with Gasteiger partial charge in [-0.05, 0) is 35.7 Å². The zero-order valence-corrected chi connectivity index (χ0v) is 10.9. The van der Waals surface area contributed by atoms with Crippen LogP contribution >= 0.6 is 0 Å². The van der Waals surface area contributed by atoms with Crippen LogP contribution in [0.15, 0.2) is 42.5 Å². The monoisotopic (exact) mass is 267 g/mol. The van der Waals surface area contributed by atoms with Crippen LogP contribution in [0.1, 0.15) is 23.0 Å². The van der Waals surface area contributed by atoms with Gasteiger partial charge >= 0.3 is 0 Å². The van der Waals surface area contributed by atoms with E-state index in [-0.39, 0.29) is 11.9 Å². The standard InChI is InChI=1S/C16H14FN3/c17-12-5-6-13-14(8-12)20-16(19-13)15-7-10-3-1-2-4-11(10)9-18-15/h1-6,8,15,18H,7,9H2,(H,19,20). The Balaban J connectivity index is 1.70. The minimum absolute atomic E-state index is 0.153. The molecule has 0 fully saturated rings. The Labute approximate surface area is 115 Å². The number of aromatic amines is 1. The zero-order chi connectivity index (χ0) is 13.5. The van der Waals surface area contributed by atoms with Crippen molar-refractivity contribution in [3.05, 3.63) is 65.2 Å². The van der Waals surface area contributed by atoms with E-state index in [9.17, 15) is 4.39 Å². The topological polar surface area (TPSA) is 40.7 Å². The third kappa shape index (κ3) is 1.89. The Hall–Kier alpha value is -2.20. The molecule has 0 spiro atoms. The van der Waals surface area contributed by atoms with Crippen molar-refractivity contribution >= 4 is 11.0 Å². The molecule has 0 saturated carbocycles. The molecule has 4 rings (SSSR count). The largest absolute Gasteiger partial charge is 0.341 e. The molecule has 2 aromatic carbocycles. The average molecular weight is 267 g/mol. The van der Waals surface area contributed by atoms with Crippen LogP contribution in [-0.4, -0.2) is 9.97 Å². The van der Waals surface area contributed by atoms with Crippen molar-refractivity contribution in [1.29, 1.82) is 0 Å². The highest BCUT2D eigenvalue weighted by atomic mass is 19.1. The van der Waals surface area contributed by atoms with Gasteiger partial charge in [0.25, 0.3) is 0 Å². The van der Waals surface area contributed by atoms with Crippen LogP contribution in [0.5, 0.6) is 0 Å².